The highest BCUT2D eigenvalue weighted by molar-refractivity contribution is 5.80. The van der Waals surface area contributed by atoms with E-state index in [4.69, 9.17) is 4.74 Å². The highest BCUT2D eigenvalue weighted by Gasteiger charge is 2.43. The molecule has 1 aromatic rings. The molecule has 0 radical (unpaired) electrons. The van der Waals surface area contributed by atoms with E-state index in [0.717, 1.165) is 11.3 Å². The third-order valence-electron chi connectivity index (χ3n) is 3.74. The first-order valence-corrected chi connectivity index (χ1v) is 6.69. The Morgan fingerprint density at radius 1 is 1.21 bits per heavy atom. The molecule has 0 saturated carbocycles. The molecule has 4 heteroatoms. The van der Waals surface area contributed by atoms with Crippen molar-refractivity contribution in [1.82, 2.24) is 4.90 Å². The first kappa shape index (κ1) is 15.5. The molecule has 0 saturated heterocycles. The fourth-order valence-electron chi connectivity index (χ4n) is 2.65. The number of carboxylic acid groups (broad SMARTS) is 1. The highest BCUT2D eigenvalue weighted by Crippen LogP contribution is 2.33. The molecule has 0 heterocycles. The number of likely N-dealkylation sites (N-methyl/N-ethyl adjacent to an activating group) is 1. The topological polar surface area (TPSA) is 49.8 Å². The van der Waals surface area contributed by atoms with Gasteiger partial charge in [0, 0.05) is 0 Å². The van der Waals surface area contributed by atoms with Crippen LogP contribution >= 0.6 is 0 Å². The molecule has 1 aromatic carbocycles. The van der Waals surface area contributed by atoms with Crippen LogP contribution in [0.2, 0.25) is 0 Å². The molecule has 106 valence electrons. The standard InChI is InChI=1S/C15H23NO3/c1-5-15(14(17)18,16(6-2)7-3)12-8-10-13(19-4)11-9-12/h8-11H,5-7H2,1-4H3,(H,17,18). The SMILES string of the molecule is CCN(CC)C(CC)(C(=O)O)c1ccc(OC)cc1. The Balaban J connectivity index is 3.32. The number of ether oxygens (including phenoxy) is 1. The second-order valence-corrected chi connectivity index (χ2v) is 4.42. The minimum atomic E-state index is -0.963. The fraction of sp³-hybridized carbons (Fsp3) is 0.533. The van der Waals surface area contributed by atoms with Crippen molar-refractivity contribution in [3.8, 4) is 5.75 Å². The molecule has 0 aromatic heterocycles. The van der Waals surface area contributed by atoms with Gasteiger partial charge in [0.15, 0.2) is 0 Å². The van der Waals surface area contributed by atoms with Gasteiger partial charge < -0.3 is 9.84 Å². The number of hydrogen-bond acceptors (Lipinski definition) is 3. The summed E-state index contributed by atoms with van der Waals surface area (Å²) in [7, 11) is 1.60. The van der Waals surface area contributed by atoms with Gasteiger partial charge in [-0.15, -0.1) is 0 Å². The summed E-state index contributed by atoms with van der Waals surface area (Å²) in [4.78, 5) is 13.9. The van der Waals surface area contributed by atoms with Crippen molar-refractivity contribution in [3.05, 3.63) is 29.8 Å². The van der Waals surface area contributed by atoms with Crippen molar-refractivity contribution in [1.29, 1.82) is 0 Å². The second kappa shape index (κ2) is 6.57. The van der Waals surface area contributed by atoms with Crippen LogP contribution < -0.4 is 4.74 Å². The molecule has 0 aliphatic heterocycles. The van der Waals surface area contributed by atoms with E-state index in [0.29, 0.717) is 19.5 Å². The summed E-state index contributed by atoms with van der Waals surface area (Å²) in [5.41, 5.74) is -0.164. The highest BCUT2D eigenvalue weighted by atomic mass is 16.5. The van der Waals surface area contributed by atoms with E-state index in [2.05, 4.69) is 0 Å². The lowest BCUT2D eigenvalue weighted by molar-refractivity contribution is -0.152. The molecule has 0 aliphatic rings. The van der Waals surface area contributed by atoms with Crippen LogP contribution in [0.4, 0.5) is 0 Å². The molecular weight excluding hydrogens is 242 g/mol. The summed E-state index contributed by atoms with van der Waals surface area (Å²) in [6.45, 7) is 7.28. The Bertz CT molecular complexity index is 412. The minimum absolute atomic E-state index is 0.524. The van der Waals surface area contributed by atoms with Gasteiger partial charge >= 0.3 is 5.97 Å². The first-order chi connectivity index (χ1) is 9.06. The molecule has 1 unspecified atom stereocenters. The molecule has 1 N–H and O–H groups in total. The van der Waals surface area contributed by atoms with E-state index in [1.165, 1.54) is 0 Å². The molecule has 4 nitrogen and oxygen atoms in total. The smallest absolute Gasteiger partial charge is 0.328 e. The lowest BCUT2D eigenvalue weighted by atomic mass is 9.85. The summed E-state index contributed by atoms with van der Waals surface area (Å²) >= 11 is 0. The molecular formula is C15H23NO3. The number of methoxy groups -OCH3 is 1. The number of carbonyl (C=O) groups is 1. The van der Waals surface area contributed by atoms with Gasteiger partial charge in [-0.05, 0) is 37.2 Å². The summed E-state index contributed by atoms with van der Waals surface area (Å²) in [5.74, 6) is -0.0671. The van der Waals surface area contributed by atoms with E-state index in [1.54, 1.807) is 7.11 Å². The summed E-state index contributed by atoms with van der Waals surface area (Å²) in [5, 5.41) is 9.76. The van der Waals surface area contributed by atoms with Crippen LogP contribution in [0.3, 0.4) is 0 Å². The number of benzene rings is 1. The van der Waals surface area contributed by atoms with Crippen LogP contribution in [-0.2, 0) is 10.3 Å². The minimum Gasteiger partial charge on any atom is -0.497 e. The molecule has 1 rings (SSSR count). The summed E-state index contributed by atoms with van der Waals surface area (Å²) < 4.78 is 5.13. The van der Waals surface area contributed by atoms with Gasteiger partial charge in [-0.3, -0.25) is 4.90 Å². The van der Waals surface area contributed by atoms with Crippen LogP contribution in [0.25, 0.3) is 0 Å². The first-order valence-electron chi connectivity index (χ1n) is 6.69. The van der Waals surface area contributed by atoms with Crippen LogP contribution in [0.5, 0.6) is 5.75 Å². The monoisotopic (exact) mass is 265 g/mol. The van der Waals surface area contributed by atoms with Crippen molar-refractivity contribution in [2.24, 2.45) is 0 Å². The zero-order chi connectivity index (χ0) is 14.5. The Kier molecular flexibility index (Phi) is 5.36. The maximum atomic E-state index is 11.9. The summed E-state index contributed by atoms with van der Waals surface area (Å²) in [6, 6.07) is 7.31. The Morgan fingerprint density at radius 3 is 2.05 bits per heavy atom. The van der Waals surface area contributed by atoms with Crippen molar-refractivity contribution >= 4 is 5.97 Å². The lowest BCUT2D eigenvalue weighted by Gasteiger charge is -2.39. The third-order valence-corrected chi connectivity index (χ3v) is 3.74. The number of hydrogen-bond donors (Lipinski definition) is 1. The quantitative estimate of drug-likeness (QED) is 0.823. The zero-order valence-corrected chi connectivity index (χ0v) is 12.1. The molecule has 1 atom stereocenters. The van der Waals surface area contributed by atoms with Crippen LogP contribution in [0.1, 0.15) is 32.8 Å². The van der Waals surface area contributed by atoms with E-state index < -0.39 is 11.5 Å². The van der Waals surface area contributed by atoms with Crippen LogP contribution in [0.15, 0.2) is 24.3 Å². The van der Waals surface area contributed by atoms with E-state index in [9.17, 15) is 9.90 Å². The second-order valence-electron chi connectivity index (χ2n) is 4.42. The number of aliphatic carboxylic acids is 1. The van der Waals surface area contributed by atoms with Crippen LogP contribution in [-0.4, -0.2) is 36.2 Å². The maximum Gasteiger partial charge on any atom is 0.328 e. The number of rotatable bonds is 7. The average Bonchev–Trinajstić information content (AvgIpc) is 2.44. The molecule has 0 amide bonds. The number of nitrogens with zero attached hydrogens (tertiary/aromatic N) is 1. The molecule has 0 aliphatic carbocycles. The van der Waals surface area contributed by atoms with Crippen molar-refractivity contribution in [2.45, 2.75) is 32.7 Å². The van der Waals surface area contributed by atoms with Crippen LogP contribution in [0, 0.1) is 0 Å². The van der Waals surface area contributed by atoms with Gasteiger partial charge in [0.05, 0.1) is 7.11 Å². The van der Waals surface area contributed by atoms with E-state index in [-0.39, 0.29) is 0 Å². The van der Waals surface area contributed by atoms with E-state index >= 15 is 0 Å². The molecule has 0 bridgehead atoms. The van der Waals surface area contributed by atoms with E-state index in [1.807, 2.05) is 49.9 Å². The Labute approximate surface area is 115 Å². The van der Waals surface area contributed by atoms with Crippen molar-refractivity contribution < 1.29 is 14.6 Å². The predicted octanol–water partition coefficient (Wildman–Crippen LogP) is 2.73. The van der Waals surface area contributed by atoms with Gasteiger partial charge in [-0.25, -0.2) is 4.79 Å². The Hall–Kier alpha value is -1.55. The summed E-state index contributed by atoms with van der Waals surface area (Å²) in [6.07, 6.45) is 0.524. The van der Waals surface area contributed by atoms with Gasteiger partial charge in [0.1, 0.15) is 11.3 Å². The van der Waals surface area contributed by atoms with Crippen molar-refractivity contribution in [3.63, 3.8) is 0 Å². The normalized spacial score (nSPS) is 14.2. The molecule has 0 fully saturated rings. The van der Waals surface area contributed by atoms with Gasteiger partial charge in [-0.1, -0.05) is 32.9 Å². The average molecular weight is 265 g/mol. The largest absolute Gasteiger partial charge is 0.497 e. The number of carboxylic acids is 1. The van der Waals surface area contributed by atoms with Gasteiger partial charge in [0.25, 0.3) is 0 Å². The molecule has 0 spiro atoms. The lowest BCUT2D eigenvalue weighted by Crippen LogP contribution is -2.51. The van der Waals surface area contributed by atoms with Gasteiger partial charge in [-0.2, -0.15) is 0 Å². The van der Waals surface area contributed by atoms with Crippen molar-refractivity contribution in [2.75, 3.05) is 20.2 Å². The zero-order valence-electron chi connectivity index (χ0n) is 12.1. The van der Waals surface area contributed by atoms with Gasteiger partial charge in [0.2, 0.25) is 0 Å². The maximum absolute atomic E-state index is 11.9. The molecule has 19 heavy (non-hydrogen) atoms. The Morgan fingerprint density at radius 2 is 1.74 bits per heavy atom. The fourth-order valence-corrected chi connectivity index (χ4v) is 2.65. The predicted molar refractivity (Wildman–Crippen MR) is 75.5 cm³/mol. The third kappa shape index (κ3) is 2.73.